The molecular weight excluding hydrogens is 383 g/mol. The molecule has 29 heavy (non-hydrogen) atoms. The Kier molecular flexibility index (Phi) is 6.04. The van der Waals surface area contributed by atoms with Gasteiger partial charge in [0.05, 0.1) is 5.56 Å². The van der Waals surface area contributed by atoms with Crippen molar-refractivity contribution in [1.82, 2.24) is 19.9 Å². The molecule has 9 heteroatoms. The highest BCUT2D eigenvalue weighted by atomic mass is 19.4. The maximum absolute atomic E-state index is 13.0. The first kappa shape index (κ1) is 21.0. The van der Waals surface area contributed by atoms with Gasteiger partial charge >= 0.3 is 6.18 Å². The van der Waals surface area contributed by atoms with Crippen LogP contribution in [-0.2, 0) is 11.0 Å². The number of likely N-dealkylation sites (tertiary alicyclic amines) is 1. The van der Waals surface area contributed by atoms with Crippen LogP contribution in [0.15, 0.2) is 24.4 Å². The Morgan fingerprint density at radius 2 is 1.86 bits per heavy atom. The van der Waals surface area contributed by atoms with Gasteiger partial charge in [-0.2, -0.15) is 13.2 Å². The van der Waals surface area contributed by atoms with Gasteiger partial charge in [-0.3, -0.25) is 4.79 Å². The molecule has 0 unspecified atom stereocenters. The number of nitrogens with zero attached hydrogens (tertiary/aromatic N) is 4. The van der Waals surface area contributed by atoms with Gasteiger partial charge in [-0.15, -0.1) is 0 Å². The van der Waals surface area contributed by atoms with Gasteiger partial charge in [-0.05, 0) is 25.0 Å². The van der Waals surface area contributed by atoms with Crippen LogP contribution in [0.3, 0.4) is 0 Å². The van der Waals surface area contributed by atoms with Crippen LogP contribution in [0.2, 0.25) is 0 Å². The highest BCUT2D eigenvalue weighted by molar-refractivity contribution is 5.73. The number of carbonyl (C=O) groups excluding carboxylic acids is 1. The minimum Gasteiger partial charge on any atom is -0.343 e. The standard InChI is InChI=1S/C20H24F3N5O/c1-12(2)19-25-16(14-5-8-28(9-6-14)13(3)29)11-18(27-19)26-17-10-15(4-7-24-17)20(21,22)23/h4,7,10-12,14H,5-6,8-9H2,1-3H3,(H,24,25,26,27). The van der Waals surface area contributed by atoms with Crippen molar-refractivity contribution in [2.24, 2.45) is 0 Å². The van der Waals surface area contributed by atoms with Gasteiger partial charge in [0.15, 0.2) is 0 Å². The second kappa shape index (κ2) is 8.34. The van der Waals surface area contributed by atoms with E-state index in [9.17, 15) is 18.0 Å². The number of aromatic nitrogens is 3. The summed E-state index contributed by atoms with van der Waals surface area (Å²) in [6.07, 6.45) is -1.75. The third-order valence-corrected chi connectivity index (χ3v) is 4.98. The molecule has 0 atom stereocenters. The summed E-state index contributed by atoms with van der Waals surface area (Å²) in [5, 5.41) is 2.89. The normalized spacial score (nSPS) is 15.6. The second-order valence-electron chi connectivity index (χ2n) is 7.52. The number of piperidine rings is 1. The molecule has 0 aromatic carbocycles. The number of carbonyl (C=O) groups is 1. The Morgan fingerprint density at radius 3 is 2.45 bits per heavy atom. The highest BCUT2D eigenvalue weighted by Gasteiger charge is 2.31. The van der Waals surface area contributed by atoms with Crippen LogP contribution in [0.5, 0.6) is 0 Å². The minimum atomic E-state index is -4.44. The number of alkyl halides is 3. The molecule has 1 aliphatic heterocycles. The summed E-state index contributed by atoms with van der Waals surface area (Å²) in [4.78, 5) is 26.5. The number of halogens is 3. The van der Waals surface area contributed by atoms with Gasteiger partial charge < -0.3 is 10.2 Å². The maximum Gasteiger partial charge on any atom is 0.416 e. The average Bonchev–Trinajstić information content (AvgIpc) is 2.67. The smallest absolute Gasteiger partial charge is 0.343 e. The van der Waals surface area contributed by atoms with Crippen molar-refractivity contribution >= 4 is 17.5 Å². The van der Waals surface area contributed by atoms with Gasteiger partial charge in [0, 0.05) is 49.8 Å². The SMILES string of the molecule is CC(=O)N1CCC(c2cc(Nc3cc(C(F)(F)F)ccn3)nc(C(C)C)n2)CC1. The van der Waals surface area contributed by atoms with Gasteiger partial charge in [0.2, 0.25) is 5.91 Å². The summed E-state index contributed by atoms with van der Waals surface area (Å²) in [5.41, 5.74) is 0.0614. The van der Waals surface area contributed by atoms with Crippen molar-refractivity contribution in [2.45, 2.75) is 51.6 Å². The molecule has 0 spiro atoms. The van der Waals surface area contributed by atoms with Crippen LogP contribution < -0.4 is 5.32 Å². The van der Waals surface area contributed by atoms with E-state index < -0.39 is 11.7 Å². The van der Waals surface area contributed by atoms with Crippen molar-refractivity contribution in [3.8, 4) is 0 Å². The summed E-state index contributed by atoms with van der Waals surface area (Å²) in [6.45, 7) is 6.82. The zero-order valence-corrected chi connectivity index (χ0v) is 16.6. The van der Waals surface area contributed by atoms with Crippen LogP contribution in [-0.4, -0.2) is 38.8 Å². The molecule has 1 N–H and O–H groups in total. The monoisotopic (exact) mass is 407 g/mol. The molecule has 1 fully saturated rings. The molecular formula is C20H24F3N5O. The quantitative estimate of drug-likeness (QED) is 0.809. The van der Waals surface area contributed by atoms with Gasteiger partial charge in [-0.1, -0.05) is 13.8 Å². The van der Waals surface area contributed by atoms with E-state index in [4.69, 9.17) is 0 Å². The Morgan fingerprint density at radius 1 is 1.17 bits per heavy atom. The Labute approximate surface area is 167 Å². The van der Waals surface area contributed by atoms with Crippen molar-refractivity contribution in [3.63, 3.8) is 0 Å². The van der Waals surface area contributed by atoms with Crippen LogP contribution >= 0.6 is 0 Å². The molecule has 0 saturated carbocycles. The minimum absolute atomic E-state index is 0.0577. The fourth-order valence-corrected chi connectivity index (χ4v) is 3.31. The zero-order chi connectivity index (χ0) is 21.2. The van der Waals surface area contributed by atoms with E-state index in [-0.39, 0.29) is 23.6 Å². The molecule has 3 rings (SSSR count). The molecule has 6 nitrogen and oxygen atoms in total. The van der Waals surface area contributed by atoms with Gasteiger partial charge in [0.1, 0.15) is 17.5 Å². The maximum atomic E-state index is 13.0. The average molecular weight is 407 g/mol. The number of nitrogens with one attached hydrogen (secondary N) is 1. The first-order valence-corrected chi connectivity index (χ1v) is 9.58. The van der Waals surface area contributed by atoms with Crippen molar-refractivity contribution in [2.75, 3.05) is 18.4 Å². The molecule has 0 aliphatic carbocycles. The third kappa shape index (κ3) is 5.21. The lowest BCUT2D eigenvalue weighted by Gasteiger charge is -2.31. The lowest BCUT2D eigenvalue weighted by Crippen LogP contribution is -2.36. The Bertz CT molecular complexity index is 877. The summed E-state index contributed by atoms with van der Waals surface area (Å²) < 4.78 is 38.9. The number of hydrogen-bond acceptors (Lipinski definition) is 5. The number of anilines is 2. The van der Waals surface area contributed by atoms with Crippen molar-refractivity contribution < 1.29 is 18.0 Å². The second-order valence-corrected chi connectivity index (χ2v) is 7.52. The first-order valence-electron chi connectivity index (χ1n) is 9.58. The molecule has 1 amide bonds. The topological polar surface area (TPSA) is 71.0 Å². The van der Waals surface area contributed by atoms with E-state index >= 15 is 0 Å². The Balaban J connectivity index is 1.85. The summed E-state index contributed by atoms with van der Waals surface area (Å²) in [5.74, 6) is 1.39. The summed E-state index contributed by atoms with van der Waals surface area (Å²) in [7, 11) is 0. The van der Waals surface area contributed by atoms with E-state index in [0.717, 1.165) is 36.9 Å². The van der Waals surface area contributed by atoms with E-state index in [2.05, 4.69) is 20.3 Å². The van der Waals surface area contributed by atoms with Crippen LogP contribution in [0, 0.1) is 0 Å². The van der Waals surface area contributed by atoms with E-state index in [1.165, 1.54) is 0 Å². The summed E-state index contributed by atoms with van der Waals surface area (Å²) in [6, 6.07) is 3.66. The lowest BCUT2D eigenvalue weighted by molar-refractivity contribution is -0.137. The number of pyridine rings is 1. The Hall–Kier alpha value is -2.71. The van der Waals surface area contributed by atoms with Crippen molar-refractivity contribution in [1.29, 1.82) is 0 Å². The lowest BCUT2D eigenvalue weighted by atomic mass is 9.93. The number of hydrogen-bond donors (Lipinski definition) is 1. The van der Waals surface area contributed by atoms with Crippen LogP contribution in [0.25, 0.3) is 0 Å². The van der Waals surface area contributed by atoms with E-state index in [1.807, 2.05) is 18.7 Å². The molecule has 156 valence electrons. The molecule has 0 bridgehead atoms. The molecule has 0 radical (unpaired) electrons. The largest absolute Gasteiger partial charge is 0.416 e. The molecule has 2 aromatic rings. The van der Waals surface area contributed by atoms with E-state index in [0.29, 0.717) is 24.7 Å². The van der Waals surface area contributed by atoms with Crippen molar-refractivity contribution in [3.05, 3.63) is 41.5 Å². The molecule has 3 heterocycles. The van der Waals surface area contributed by atoms with Crippen LogP contribution in [0.1, 0.15) is 62.5 Å². The number of rotatable bonds is 4. The fraction of sp³-hybridized carbons (Fsp3) is 0.500. The third-order valence-electron chi connectivity index (χ3n) is 4.98. The van der Waals surface area contributed by atoms with Gasteiger partial charge in [0.25, 0.3) is 0 Å². The highest BCUT2D eigenvalue weighted by Crippen LogP contribution is 2.32. The zero-order valence-electron chi connectivity index (χ0n) is 16.6. The first-order chi connectivity index (χ1) is 13.6. The molecule has 1 saturated heterocycles. The fourth-order valence-electron chi connectivity index (χ4n) is 3.31. The number of amides is 1. The molecule has 2 aromatic heterocycles. The predicted octanol–water partition coefficient (Wildman–Crippen LogP) is 4.48. The van der Waals surface area contributed by atoms with Gasteiger partial charge in [-0.25, -0.2) is 15.0 Å². The van der Waals surface area contributed by atoms with Crippen LogP contribution in [0.4, 0.5) is 24.8 Å². The summed E-state index contributed by atoms with van der Waals surface area (Å²) >= 11 is 0. The van der Waals surface area contributed by atoms with E-state index in [1.54, 1.807) is 13.0 Å². The molecule has 1 aliphatic rings. The predicted molar refractivity (Wildman–Crippen MR) is 103 cm³/mol.